The zero-order valence-corrected chi connectivity index (χ0v) is 12.9. The van der Waals surface area contributed by atoms with Gasteiger partial charge in [0.2, 0.25) is 0 Å². The Balaban J connectivity index is 1.89. The van der Waals surface area contributed by atoms with Crippen LogP contribution in [-0.2, 0) is 12.2 Å². The fourth-order valence-corrected chi connectivity index (χ4v) is 3.87. The summed E-state index contributed by atoms with van der Waals surface area (Å²) in [5.74, 6) is 0.936. The lowest BCUT2D eigenvalue weighted by atomic mass is 9.90. The molecule has 4 nitrogen and oxygen atoms in total. The third-order valence-corrected chi connectivity index (χ3v) is 4.84. The minimum absolute atomic E-state index is 0.0607. The Labute approximate surface area is 135 Å². The minimum atomic E-state index is -0.651. The summed E-state index contributed by atoms with van der Waals surface area (Å²) in [6.07, 6.45) is 3.43. The van der Waals surface area contributed by atoms with Crippen LogP contribution in [0.4, 0.5) is 0 Å². The molecule has 116 valence electrons. The topological polar surface area (TPSA) is 36.7 Å². The van der Waals surface area contributed by atoms with Crippen LogP contribution in [0.25, 0.3) is 0 Å². The second-order valence-corrected chi connectivity index (χ2v) is 5.90. The molecular formula is C19H18N2O2. The van der Waals surface area contributed by atoms with Crippen LogP contribution in [0.5, 0.6) is 0 Å². The smallest absolute Gasteiger partial charge is 0.256 e. The maximum absolute atomic E-state index is 12.9. The van der Waals surface area contributed by atoms with E-state index in [-0.39, 0.29) is 5.91 Å². The summed E-state index contributed by atoms with van der Waals surface area (Å²) in [4.78, 5) is 17.0. The molecule has 0 bridgehead atoms. The van der Waals surface area contributed by atoms with Crippen molar-refractivity contribution in [2.75, 3.05) is 13.1 Å². The monoisotopic (exact) mass is 306 g/mol. The summed E-state index contributed by atoms with van der Waals surface area (Å²) in [6, 6.07) is 11.6. The predicted octanol–water partition coefficient (Wildman–Crippen LogP) is 3.15. The summed E-state index contributed by atoms with van der Waals surface area (Å²) >= 11 is 0. The first-order chi connectivity index (χ1) is 11.2. The fourth-order valence-electron chi connectivity index (χ4n) is 3.87. The molecule has 3 heterocycles. The van der Waals surface area contributed by atoms with E-state index in [0.717, 1.165) is 29.0 Å². The van der Waals surface area contributed by atoms with Crippen molar-refractivity contribution in [1.82, 2.24) is 9.80 Å². The van der Waals surface area contributed by atoms with E-state index >= 15 is 0 Å². The van der Waals surface area contributed by atoms with Crippen molar-refractivity contribution in [3.63, 3.8) is 0 Å². The van der Waals surface area contributed by atoms with Gasteiger partial charge in [0.1, 0.15) is 11.4 Å². The first-order valence-corrected chi connectivity index (χ1v) is 7.70. The van der Waals surface area contributed by atoms with Crippen LogP contribution in [0, 0.1) is 0 Å². The normalized spacial score (nSPS) is 23.0. The number of hydrogen-bond donors (Lipinski definition) is 0. The van der Waals surface area contributed by atoms with Crippen molar-refractivity contribution in [3.05, 3.63) is 84.4 Å². The molecule has 1 aromatic heterocycles. The molecule has 4 heteroatoms. The molecule has 1 saturated heterocycles. The fraction of sp³-hybridized carbons (Fsp3) is 0.211. The van der Waals surface area contributed by atoms with Crippen LogP contribution < -0.4 is 0 Å². The number of carbonyl (C=O) groups is 1. The third-order valence-electron chi connectivity index (χ3n) is 4.84. The molecule has 0 N–H and O–H groups in total. The van der Waals surface area contributed by atoms with Crippen LogP contribution >= 0.6 is 0 Å². The Morgan fingerprint density at radius 2 is 2.09 bits per heavy atom. The van der Waals surface area contributed by atoms with Gasteiger partial charge in [-0.1, -0.05) is 37.4 Å². The summed E-state index contributed by atoms with van der Waals surface area (Å²) in [5.41, 5.74) is 1.90. The van der Waals surface area contributed by atoms with Gasteiger partial charge in [-0.05, 0) is 23.8 Å². The standard InChI is InChI=1S/C19H18N2O2/c1-3-14(2)19-17-9-5-4-8-16(17)18(22)21(19)11-10-20(19)13-15-7-6-12-23-15/h3-9,12H,1-2,10-11,13H2. The van der Waals surface area contributed by atoms with Crippen molar-refractivity contribution >= 4 is 5.91 Å². The molecule has 1 unspecified atom stereocenters. The number of nitrogens with zero attached hydrogens (tertiary/aromatic N) is 2. The molecule has 1 fully saturated rings. The van der Waals surface area contributed by atoms with E-state index in [9.17, 15) is 4.79 Å². The molecule has 2 aromatic rings. The third kappa shape index (κ3) is 1.72. The molecular weight excluding hydrogens is 288 g/mol. The van der Waals surface area contributed by atoms with Gasteiger partial charge in [0.05, 0.1) is 12.8 Å². The molecule has 1 aromatic carbocycles. The Hall–Kier alpha value is -2.59. The van der Waals surface area contributed by atoms with E-state index in [2.05, 4.69) is 18.1 Å². The molecule has 2 aliphatic rings. The number of benzene rings is 1. The zero-order valence-electron chi connectivity index (χ0n) is 12.9. The maximum atomic E-state index is 12.9. The molecule has 2 aliphatic heterocycles. The molecule has 0 aliphatic carbocycles. The highest BCUT2D eigenvalue weighted by Crippen LogP contribution is 2.50. The highest BCUT2D eigenvalue weighted by Gasteiger charge is 2.57. The largest absolute Gasteiger partial charge is 0.468 e. The quantitative estimate of drug-likeness (QED) is 0.814. The van der Waals surface area contributed by atoms with Crippen molar-refractivity contribution in [1.29, 1.82) is 0 Å². The van der Waals surface area contributed by atoms with E-state index in [1.807, 2.05) is 41.3 Å². The van der Waals surface area contributed by atoms with Gasteiger partial charge in [-0.3, -0.25) is 9.69 Å². The minimum Gasteiger partial charge on any atom is -0.468 e. The van der Waals surface area contributed by atoms with Crippen molar-refractivity contribution in [2.24, 2.45) is 0 Å². The first kappa shape index (κ1) is 14.0. The Kier molecular flexibility index (Phi) is 3.03. The van der Waals surface area contributed by atoms with Crippen molar-refractivity contribution in [2.45, 2.75) is 12.2 Å². The number of fused-ring (bicyclic) bond motifs is 3. The van der Waals surface area contributed by atoms with Crippen LogP contribution in [0.2, 0.25) is 0 Å². The number of rotatable bonds is 4. The molecule has 0 saturated carbocycles. The number of carbonyl (C=O) groups excluding carboxylic acids is 1. The van der Waals surface area contributed by atoms with Crippen molar-refractivity contribution < 1.29 is 9.21 Å². The van der Waals surface area contributed by atoms with E-state index in [1.54, 1.807) is 12.3 Å². The van der Waals surface area contributed by atoms with Gasteiger partial charge in [0, 0.05) is 24.2 Å². The van der Waals surface area contributed by atoms with Gasteiger partial charge >= 0.3 is 0 Å². The zero-order chi connectivity index (χ0) is 16.0. The highest BCUT2D eigenvalue weighted by molar-refractivity contribution is 6.01. The average molecular weight is 306 g/mol. The first-order valence-electron chi connectivity index (χ1n) is 7.70. The molecule has 1 amide bonds. The van der Waals surface area contributed by atoms with Crippen molar-refractivity contribution in [3.8, 4) is 0 Å². The number of amides is 1. The average Bonchev–Trinajstić information content (AvgIpc) is 3.26. The molecule has 4 rings (SSSR count). The van der Waals surface area contributed by atoms with E-state index in [1.165, 1.54) is 0 Å². The summed E-state index contributed by atoms with van der Waals surface area (Å²) in [5, 5.41) is 0. The summed E-state index contributed by atoms with van der Waals surface area (Å²) in [6.45, 7) is 10.2. The van der Waals surface area contributed by atoms with Crippen LogP contribution in [0.15, 0.2) is 71.9 Å². The van der Waals surface area contributed by atoms with E-state index in [4.69, 9.17) is 4.42 Å². The number of hydrogen-bond acceptors (Lipinski definition) is 3. The van der Waals surface area contributed by atoms with Crippen LogP contribution in [-0.4, -0.2) is 28.8 Å². The molecule has 1 atom stereocenters. The van der Waals surface area contributed by atoms with Gasteiger partial charge in [-0.2, -0.15) is 0 Å². The van der Waals surface area contributed by atoms with Gasteiger partial charge in [-0.15, -0.1) is 0 Å². The lowest BCUT2D eigenvalue weighted by molar-refractivity contribution is 0.0405. The molecule has 0 radical (unpaired) electrons. The van der Waals surface area contributed by atoms with E-state index < -0.39 is 5.66 Å². The van der Waals surface area contributed by atoms with Crippen LogP contribution in [0.1, 0.15) is 21.7 Å². The second kappa shape index (κ2) is 4.96. The van der Waals surface area contributed by atoms with Gasteiger partial charge in [0.25, 0.3) is 5.91 Å². The predicted molar refractivity (Wildman–Crippen MR) is 87.6 cm³/mol. The summed E-state index contributed by atoms with van der Waals surface area (Å²) < 4.78 is 5.52. The van der Waals surface area contributed by atoms with E-state index in [0.29, 0.717) is 13.1 Å². The molecule has 0 spiro atoms. The Morgan fingerprint density at radius 1 is 1.26 bits per heavy atom. The van der Waals surface area contributed by atoms with Gasteiger partial charge in [-0.25, -0.2) is 0 Å². The second-order valence-electron chi connectivity index (χ2n) is 5.90. The summed E-state index contributed by atoms with van der Waals surface area (Å²) in [7, 11) is 0. The SMILES string of the molecule is C=CC(=C)C12c3ccccc3C(=O)N1CCN2Cc1ccco1. The highest BCUT2D eigenvalue weighted by atomic mass is 16.3. The lowest BCUT2D eigenvalue weighted by Crippen LogP contribution is -2.48. The van der Waals surface area contributed by atoms with Gasteiger partial charge in [0.15, 0.2) is 0 Å². The van der Waals surface area contributed by atoms with Crippen LogP contribution in [0.3, 0.4) is 0 Å². The molecule has 23 heavy (non-hydrogen) atoms. The van der Waals surface area contributed by atoms with Gasteiger partial charge < -0.3 is 9.32 Å². The number of furan rings is 1. The Morgan fingerprint density at radius 3 is 2.83 bits per heavy atom. The lowest BCUT2D eigenvalue weighted by Gasteiger charge is -2.40. The Bertz CT molecular complexity index is 793. The maximum Gasteiger partial charge on any atom is 0.256 e.